The predicted molar refractivity (Wildman–Crippen MR) is 87.4 cm³/mol. The van der Waals surface area contributed by atoms with Gasteiger partial charge in [0.2, 0.25) is 0 Å². The van der Waals surface area contributed by atoms with Gasteiger partial charge >= 0.3 is 0 Å². The van der Waals surface area contributed by atoms with Crippen LogP contribution in [0.3, 0.4) is 0 Å². The summed E-state index contributed by atoms with van der Waals surface area (Å²) in [6.45, 7) is 8.44. The molecule has 1 heterocycles. The highest BCUT2D eigenvalue weighted by atomic mass is 16.5. The van der Waals surface area contributed by atoms with Gasteiger partial charge in [0.25, 0.3) is 0 Å². The molecule has 0 aromatic carbocycles. The van der Waals surface area contributed by atoms with E-state index in [9.17, 15) is 0 Å². The lowest BCUT2D eigenvalue weighted by molar-refractivity contribution is -0.0998. The van der Waals surface area contributed by atoms with Gasteiger partial charge in [-0.2, -0.15) is 0 Å². The van der Waals surface area contributed by atoms with Crippen LogP contribution >= 0.6 is 0 Å². The van der Waals surface area contributed by atoms with Crippen LogP contribution in [-0.4, -0.2) is 29.8 Å². The Kier molecular flexibility index (Phi) is 6.19. The Labute approximate surface area is 129 Å². The van der Waals surface area contributed by atoms with Crippen LogP contribution in [0.5, 0.6) is 0 Å². The second-order valence-electron chi connectivity index (χ2n) is 6.37. The van der Waals surface area contributed by atoms with E-state index in [0.717, 1.165) is 25.5 Å². The van der Waals surface area contributed by atoms with Crippen LogP contribution in [0.25, 0.3) is 0 Å². The van der Waals surface area contributed by atoms with Gasteiger partial charge < -0.3 is 10.1 Å². The van der Waals surface area contributed by atoms with Crippen molar-refractivity contribution in [2.45, 2.75) is 64.5 Å². The average Bonchev–Trinajstić information content (AvgIpc) is 2.48. The maximum atomic E-state index is 6.34. The highest BCUT2D eigenvalue weighted by molar-refractivity contribution is 5.13. The van der Waals surface area contributed by atoms with Crippen molar-refractivity contribution in [3.63, 3.8) is 0 Å². The summed E-state index contributed by atoms with van der Waals surface area (Å²) in [5.41, 5.74) is 1.28. The molecule has 1 aromatic heterocycles. The molecule has 1 N–H and O–H groups in total. The van der Waals surface area contributed by atoms with E-state index < -0.39 is 0 Å². The topological polar surface area (TPSA) is 34.2 Å². The lowest BCUT2D eigenvalue weighted by atomic mass is 9.73. The molecule has 3 unspecified atom stereocenters. The van der Waals surface area contributed by atoms with E-state index in [1.165, 1.54) is 31.2 Å². The van der Waals surface area contributed by atoms with Crippen molar-refractivity contribution in [1.29, 1.82) is 0 Å². The Morgan fingerprint density at radius 2 is 2.33 bits per heavy atom. The molecule has 3 atom stereocenters. The number of hydrogen-bond donors (Lipinski definition) is 1. The van der Waals surface area contributed by atoms with E-state index in [1.807, 2.05) is 18.5 Å². The summed E-state index contributed by atoms with van der Waals surface area (Å²) in [6, 6.07) is 4.56. The second kappa shape index (κ2) is 7.90. The van der Waals surface area contributed by atoms with Crippen LogP contribution in [0.1, 0.15) is 52.0 Å². The van der Waals surface area contributed by atoms with Gasteiger partial charge in [-0.1, -0.05) is 32.8 Å². The largest absolute Gasteiger partial charge is 0.374 e. The molecule has 2 rings (SSSR count). The number of nitrogens with zero attached hydrogens (tertiary/aromatic N) is 1. The Balaban J connectivity index is 2.19. The highest BCUT2D eigenvalue weighted by Crippen LogP contribution is 2.38. The fraction of sp³-hybridized carbons (Fsp3) is 0.722. The first-order valence-electron chi connectivity index (χ1n) is 8.46. The SMILES string of the molecule is CCNC(Cc1cccnc1)C1(OCC)CCCC(C)C1. The van der Waals surface area contributed by atoms with Crippen molar-refractivity contribution < 1.29 is 4.74 Å². The maximum Gasteiger partial charge on any atom is 0.0840 e. The van der Waals surface area contributed by atoms with E-state index in [-0.39, 0.29) is 5.60 Å². The molecule has 3 nitrogen and oxygen atoms in total. The fourth-order valence-electron chi connectivity index (χ4n) is 3.82. The van der Waals surface area contributed by atoms with E-state index >= 15 is 0 Å². The standard InChI is InChI=1S/C18H30N2O/c1-4-20-17(12-16-9-7-11-19-14-16)18(21-5-2)10-6-8-15(3)13-18/h7,9,11,14-15,17,20H,4-6,8,10,12-13H2,1-3H3. The van der Waals surface area contributed by atoms with Gasteiger partial charge in [0.15, 0.2) is 0 Å². The van der Waals surface area contributed by atoms with Crippen LogP contribution < -0.4 is 5.32 Å². The third-order valence-corrected chi connectivity index (χ3v) is 4.67. The monoisotopic (exact) mass is 290 g/mol. The quantitative estimate of drug-likeness (QED) is 0.833. The lowest BCUT2D eigenvalue weighted by Crippen LogP contribution is -2.56. The van der Waals surface area contributed by atoms with E-state index in [2.05, 4.69) is 37.1 Å². The Bertz CT molecular complexity index is 405. The van der Waals surface area contributed by atoms with Gasteiger partial charge in [-0.15, -0.1) is 0 Å². The zero-order chi connectivity index (χ0) is 15.1. The first-order valence-corrected chi connectivity index (χ1v) is 8.46. The summed E-state index contributed by atoms with van der Waals surface area (Å²) in [6.07, 6.45) is 9.76. The predicted octanol–water partition coefficient (Wildman–Crippen LogP) is 3.59. The van der Waals surface area contributed by atoms with Crippen molar-refractivity contribution in [1.82, 2.24) is 10.3 Å². The van der Waals surface area contributed by atoms with Gasteiger partial charge in [-0.3, -0.25) is 4.98 Å². The summed E-state index contributed by atoms with van der Waals surface area (Å²) >= 11 is 0. The Morgan fingerprint density at radius 3 is 2.95 bits per heavy atom. The molecular weight excluding hydrogens is 260 g/mol. The molecule has 21 heavy (non-hydrogen) atoms. The maximum absolute atomic E-state index is 6.34. The average molecular weight is 290 g/mol. The molecule has 1 fully saturated rings. The number of nitrogens with one attached hydrogen (secondary N) is 1. The molecule has 118 valence electrons. The third kappa shape index (κ3) is 4.27. The Morgan fingerprint density at radius 1 is 1.48 bits per heavy atom. The van der Waals surface area contributed by atoms with E-state index in [1.54, 1.807) is 0 Å². The summed E-state index contributed by atoms with van der Waals surface area (Å²) in [4.78, 5) is 4.26. The molecule has 1 saturated carbocycles. The molecule has 0 spiro atoms. The smallest absolute Gasteiger partial charge is 0.0840 e. The molecule has 0 bridgehead atoms. The normalized spacial score (nSPS) is 27.5. The highest BCUT2D eigenvalue weighted by Gasteiger charge is 2.42. The Hall–Kier alpha value is -0.930. The van der Waals surface area contributed by atoms with Crippen LogP contribution in [0.15, 0.2) is 24.5 Å². The van der Waals surface area contributed by atoms with Gasteiger partial charge in [-0.05, 0) is 50.3 Å². The molecule has 1 aliphatic rings. The molecule has 0 amide bonds. The van der Waals surface area contributed by atoms with E-state index in [4.69, 9.17) is 4.74 Å². The minimum absolute atomic E-state index is 0.0156. The van der Waals surface area contributed by atoms with Gasteiger partial charge in [0, 0.05) is 25.0 Å². The minimum atomic E-state index is -0.0156. The fourth-order valence-corrected chi connectivity index (χ4v) is 3.82. The molecule has 0 radical (unpaired) electrons. The van der Waals surface area contributed by atoms with Gasteiger partial charge in [-0.25, -0.2) is 0 Å². The number of rotatable bonds is 7. The summed E-state index contributed by atoms with van der Waals surface area (Å²) in [7, 11) is 0. The van der Waals surface area contributed by atoms with E-state index in [0.29, 0.717) is 6.04 Å². The van der Waals surface area contributed by atoms with Crippen LogP contribution in [0.2, 0.25) is 0 Å². The number of pyridine rings is 1. The summed E-state index contributed by atoms with van der Waals surface area (Å²) in [5.74, 6) is 0.750. The minimum Gasteiger partial charge on any atom is -0.374 e. The lowest BCUT2D eigenvalue weighted by Gasteiger charge is -2.45. The molecule has 1 aliphatic carbocycles. The number of aromatic nitrogens is 1. The zero-order valence-corrected chi connectivity index (χ0v) is 13.8. The van der Waals surface area contributed by atoms with Crippen molar-refractivity contribution in [2.75, 3.05) is 13.2 Å². The van der Waals surface area contributed by atoms with Gasteiger partial charge in [0.1, 0.15) is 0 Å². The van der Waals surface area contributed by atoms with Crippen LogP contribution in [0, 0.1) is 5.92 Å². The first-order chi connectivity index (χ1) is 10.2. The summed E-state index contributed by atoms with van der Waals surface area (Å²) < 4.78 is 6.34. The van der Waals surface area contributed by atoms with Crippen molar-refractivity contribution in [2.24, 2.45) is 5.92 Å². The third-order valence-electron chi connectivity index (χ3n) is 4.67. The van der Waals surface area contributed by atoms with Crippen molar-refractivity contribution in [3.05, 3.63) is 30.1 Å². The summed E-state index contributed by atoms with van der Waals surface area (Å²) in [5, 5.41) is 3.69. The van der Waals surface area contributed by atoms with Crippen LogP contribution in [-0.2, 0) is 11.2 Å². The van der Waals surface area contributed by atoms with Crippen molar-refractivity contribution in [3.8, 4) is 0 Å². The first kappa shape index (κ1) is 16.4. The molecule has 0 aliphatic heterocycles. The van der Waals surface area contributed by atoms with Crippen LogP contribution in [0.4, 0.5) is 0 Å². The molecule has 3 heteroatoms. The second-order valence-corrected chi connectivity index (χ2v) is 6.37. The number of hydrogen-bond acceptors (Lipinski definition) is 3. The molecule has 1 aromatic rings. The van der Waals surface area contributed by atoms with Gasteiger partial charge in [0.05, 0.1) is 5.60 Å². The zero-order valence-electron chi connectivity index (χ0n) is 13.8. The number of likely N-dealkylation sites (N-methyl/N-ethyl adjacent to an activating group) is 1. The molecular formula is C18H30N2O. The number of ether oxygens (including phenoxy) is 1. The van der Waals surface area contributed by atoms with Crippen molar-refractivity contribution >= 4 is 0 Å². The molecule has 0 saturated heterocycles.